The van der Waals surface area contributed by atoms with Gasteiger partial charge in [0.1, 0.15) is 5.15 Å². The van der Waals surface area contributed by atoms with Gasteiger partial charge in [0.05, 0.1) is 12.2 Å². The summed E-state index contributed by atoms with van der Waals surface area (Å²) in [6.45, 7) is 4.02. The summed E-state index contributed by atoms with van der Waals surface area (Å²) in [7, 11) is 0. The minimum atomic E-state index is -0.607. The second-order valence-electron chi connectivity index (χ2n) is 7.82. The van der Waals surface area contributed by atoms with Crippen LogP contribution in [0.5, 0.6) is 0 Å². The number of carbonyl (C=O) groups is 2. The van der Waals surface area contributed by atoms with E-state index in [-0.39, 0.29) is 18.6 Å². The average Bonchev–Trinajstić information content (AvgIpc) is 3.26. The Hall–Kier alpha value is -3.38. The summed E-state index contributed by atoms with van der Waals surface area (Å²) >= 11 is 6.48. The van der Waals surface area contributed by atoms with Gasteiger partial charge in [-0.25, -0.2) is 9.48 Å². The predicted molar refractivity (Wildman–Crippen MR) is 125 cm³/mol. The van der Waals surface area contributed by atoms with Crippen molar-refractivity contribution in [2.24, 2.45) is 0 Å². The van der Waals surface area contributed by atoms with E-state index in [0.717, 1.165) is 23.2 Å². The smallest absolute Gasteiger partial charge is 0.331 e. The quantitative estimate of drug-likeness (QED) is 0.412. The van der Waals surface area contributed by atoms with Crippen molar-refractivity contribution in [1.82, 2.24) is 9.78 Å². The molecule has 1 aliphatic rings. The summed E-state index contributed by atoms with van der Waals surface area (Å²) in [5, 5.41) is 4.90. The van der Waals surface area contributed by atoms with E-state index >= 15 is 0 Å². The summed E-state index contributed by atoms with van der Waals surface area (Å²) in [6, 6.07) is 17.7. The molecule has 0 aliphatic carbocycles. The molecule has 0 saturated carbocycles. The number of carbonyl (C=O) groups excluding carboxylic acids is 2. The molecule has 0 spiro atoms. The number of hydrogen-bond donors (Lipinski definition) is 0. The first-order valence-electron chi connectivity index (χ1n) is 10.5. The molecule has 1 amide bonds. The number of fused-ring (bicyclic) bond motifs is 1. The third-order valence-corrected chi connectivity index (χ3v) is 5.88. The second-order valence-corrected chi connectivity index (χ2v) is 8.18. The number of nitrogens with zero attached hydrogens (tertiary/aromatic N) is 3. The Balaban J connectivity index is 1.37. The first-order valence-corrected chi connectivity index (χ1v) is 10.8. The maximum atomic E-state index is 12.7. The molecule has 3 aromatic rings. The van der Waals surface area contributed by atoms with E-state index in [4.69, 9.17) is 16.3 Å². The van der Waals surface area contributed by atoms with Crippen molar-refractivity contribution < 1.29 is 14.3 Å². The molecule has 7 heteroatoms. The average molecular weight is 450 g/mol. The predicted octanol–water partition coefficient (Wildman–Crippen LogP) is 4.43. The number of para-hydroxylation sites is 1. The number of amides is 1. The third-order valence-electron chi connectivity index (χ3n) is 5.48. The lowest BCUT2D eigenvalue weighted by molar-refractivity contribution is -0.143. The first-order chi connectivity index (χ1) is 15.4. The van der Waals surface area contributed by atoms with Crippen LogP contribution in [-0.4, -0.2) is 34.3 Å². The van der Waals surface area contributed by atoms with Crippen molar-refractivity contribution >= 4 is 35.2 Å². The fraction of sp³-hybridized carbons (Fsp3) is 0.240. The maximum absolute atomic E-state index is 12.7. The highest BCUT2D eigenvalue weighted by atomic mass is 35.5. The largest absolute Gasteiger partial charge is 0.452 e. The molecule has 32 heavy (non-hydrogen) atoms. The number of hydrogen-bond acceptors (Lipinski definition) is 4. The molecule has 0 N–H and O–H groups in total. The van der Waals surface area contributed by atoms with Crippen LogP contribution in [0.15, 0.2) is 60.7 Å². The molecule has 0 bridgehead atoms. The van der Waals surface area contributed by atoms with Gasteiger partial charge in [-0.2, -0.15) is 5.10 Å². The Morgan fingerprint density at radius 2 is 1.88 bits per heavy atom. The minimum Gasteiger partial charge on any atom is -0.452 e. The number of ether oxygens (including phenoxy) is 1. The molecule has 1 atom stereocenters. The van der Waals surface area contributed by atoms with Crippen molar-refractivity contribution in [3.05, 3.63) is 88.2 Å². The van der Waals surface area contributed by atoms with Gasteiger partial charge in [-0.05, 0) is 43.5 Å². The number of halogens is 1. The topological polar surface area (TPSA) is 64.4 Å². The molecular formula is C25H24ClN3O3. The highest BCUT2D eigenvalue weighted by molar-refractivity contribution is 6.31. The van der Waals surface area contributed by atoms with E-state index in [9.17, 15) is 9.59 Å². The lowest BCUT2D eigenvalue weighted by Gasteiger charge is -2.22. The number of benzene rings is 2. The summed E-state index contributed by atoms with van der Waals surface area (Å²) < 4.78 is 6.88. The molecule has 1 aliphatic heterocycles. The van der Waals surface area contributed by atoms with E-state index in [1.807, 2.05) is 68.4 Å². The van der Waals surface area contributed by atoms with E-state index in [2.05, 4.69) is 5.10 Å². The molecule has 6 nitrogen and oxygen atoms in total. The van der Waals surface area contributed by atoms with Crippen LogP contribution >= 0.6 is 11.6 Å². The number of aromatic nitrogens is 2. The molecule has 0 fully saturated rings. The van der Waals surface area contributed by atoms with E-state index < -0.39 is 5.97 Å². The zero-order valence-electron chi connectivity index (χ0n) is 18.0. The zero-order chi connectivity index (χ0) is 22.7. The summed E-state index contributed by atoms with van der Waals surface area (Å²) in [6.07, 6.45) is 3.64. The van der Waals surface area contributed by atoms with Crippen LogP contribution < -0.4 is 4.90 Å². The van der Waals surface area contributed by atoms with E-state index in [1.165, 1.54) is 6.08 Å². The van der Waals surface area contributed by atoms with Crippen molar-refractivity contribution in [3.8, 4) is 0 Å². The minimum absolute atomic E-state index is 0.0334. The van der Waals surface area contributed by atoms with Gasteiger partial charge in [-0.3, -0.25) is 4.79 Å². The molecule has 1 aromatic heterocycles. The molecule has 2 heterocycles. The second kappa shape index (κ2) is 9.40. The van der Waals surface area contributed by atoms with Gasteiger partial charge in [-0.1, -0.05) is 60.1 Å². The lowest BCUT2D eigenvalue weighted by Crippen LogP contribution is -2.38. The maximum Gasteiger partial charge on any atom is 0.331 e. The van der Waals surface area contributed by atoms with Gasteiger partial charge in [0, 0.05) is 23.4 Å². The Bertz CT molecular complexity index is 1170. The van der Waals surface area contributed by atoms with Crippen LogP contribution in [0.1, 0.15) is 29.3 Å². The van der Waals surface area contributed by atoms with Crippen LogP contribution in [0.2, 0.25) is 5.15 Å². The molecule has 0 saturated heterocycles. The van der Waals surface area contributed by atoms with Crippen molar-refractivity contribution in [1.29, 1.82) is 0 Å². The van der Waals surface area contributed by atoms with Crippen molar-refractivity contribution in [2.45, 2.75) is 32.9 Å². The van der Waals surface area contributed by atoms with Gasteiger partial charge in [-0.15, -0.1) is 0 Å². The molecule has 2 aromatic carbocycles. The number of aryl methyl sites for hydroxylation is 1. The van der Waals surface area contributed by atoms with Gasteiger partial charge < -0.3 is 9.64 Å². The van der Waals surface area contributed by atoms with Gasteiger partial charge >= 0.3 is 5.97 Å². The first kappa shape index (κ1) is 21.8. The Morgan fingerprint density at radius 3 is 2.66 bits per heavy atom. The molecule has 4 rings (SSSR count). The third kappa shape index (κ3) is 4.60. The monoisotopic (exact) mass is 449 g/mol. The summed E-state index contributed by atoms with van der Waals surface area (Å²) in [4.78, 5) is 26.6. The molecule has 164 valence electrons. The fourth-order valence-corrected chi connectivity index (χ4v) is 4.26. The fourth-order valence-electron chi connectivity index (χ4n) is 3.97. The molecule has 0 unspecified atom stereocenters. The van der Waals surface area contributed by atoms with Crippen LogP contribution in [0, 0.1) is 6.92 Å². The summed E-state index contributed by atoms with van der Waals surface area (Å²) in [5.41, 5.74) is 4.42. The van der Waals surface area contributed by atoms with Crippen LogP contribution in [0.3, 0.4) is 0 Å². The normalized spacial score (nSPS) is 15.2. The highest BCUT2D eigenvalue weighted by Crippen LogP contribution is 2.31. The molecule has 0 radical (unpaired) electrons. The van der Waals surface area contributed by atoms with Crippen molar-refractivity contribution in [3.63, 3.8) is 0 Å². The van der Waals surface area contributed by atoms with Gasteiger partial charge in [0.15, 0.2) is 6.61 Å². The number of rotatable bonds is 6. The number of anilines is 1. The van der Waals surface area contributed by atoms with Crippen LogP contribution in [0.4, 0.5) is 5.69 Å². The zero-order valence-corrected chi connectivity index (χ0v) is 18.7. The Morgan fingerprint density at radius 1 is 1.16 bits per heavy atom. The number of esters is 1. The van der Waals surface area contributed by atoms with Crippen LogP contribution in [-0.2, 0) is 27.3 Å². The SMILES string of the molecule is Cc1nn(Cc2ccccc2)c(Cl)c1/C=C/C(=O)OCC(=O)N1c2ccccc2C[C@H]1C. The summed E-state index contributed by atoms with van der Waals surface area (Å²) in [5.74, 6) is -0.848. The molecular weight excluding hydrogens is 426 g/mol. The standard InChI is InChI=1S/C25H24ClN3O3/c1-17-14-20-10-6-7-11-22(20)29(17)23(30)16-32-24(31)13-12-21-18(2)27-28(25(21)26)15-19-8-4-3-5-9-19/h3-13,17H,14-16H2,1-2H3/b13-12+/t17-/m1/s1. The van der Waals surface area contributed by atoms with Crippen molar-refractivity contribution in [2.75, 3.05) is 11.5 Å². The van der Waals surface area contributed by atoms with E-state index in [1.54, 1.807) is 15.7 Å². The van der Waals surface area contributed by atoms with Gasteiger partial charge in [0.2, 0.25) is 0 Å². The van der Waals surface area contributed by atoms with Crippen LogP contribution in [0.25, 0.3) is 6.08 Å². The van der Waals surface area contributed by atoms with E-state index in [0.29, 0.717) is 23.0 Å². The lowest BCUT2D eigenvalue weighted by atomic mass is 10.1. The highest BCUT2D eigenvalue weighted by Gasteiger charge is 2.30. The van der Waals surface area contributed by atoms with Gasteiger partial charge in [0.25, 0.3) is 5.91 Å². The Labute approximate surface area is 192 Å². The Kier molecular flexibility index (Phi) is 6.42.